The number of rotatable bonds is 4. The predicted octanol–water partition coefficient (Wildman–Crippen LogP) is 2.65. The van der Waals surface area contributed by atoms with Crippen molar-refractivity contribution >= 4 is 11.6 Å². The van der Waals surface area contributed by atoms with E-state index in [1.807, 2.05) is 13.0 Å². The highest BCUT2D eigenvalue weighted by Gasteiger charge is 2.28. The van der Waals surface area contributed by atoms with E-state index >= 15 is 0 Å². The number of hydrogen-bond acceptors (Lipinski definition) is 3. The van der Waals surface area contributed by atoms with Crippen LogP contribution in [0.4, 0.5) is 0 Å². The van der Waals surface area contributed by atoms with E-state index in [1.54, 1.807) is 11.8 Å². The minimum absolute atomic E-state index is 0.0144. The molecule has 0 saturated carbocycles. The fraction of sp³-hybridized carbons (Fsp3) is 0.529. The summed E-state index contributed by atoms with van der Waals surface area (Å²) < 4.78 is 0. The molecule has 0 bridgehead atoms. The number of likely N-dealkylation sites (tertiary alicyclic amines) is 1. The first-order valence-electron chi connectivity index (χ1n) is 7.25. The van der Waals surface area contributed by atoms with Crippen LogP contribution in [0.3, 0.4) is 0 Å². The van der Waals surface area contributed by atoms with E-state index in [-0.39, 0.29) is 5.91 Å². The summed E-state index contributed by atoms with van der Waals surface area (Å²) in [6.07, 6.45) is 2.01. The SMILES string of the molecule is C=C1C(=N/C/C(C)=C(\C)CN(C)C)/C(=C\C)CN1C(C)=O. The molecule has 1 amide bonds. The zero-order valence-electron chi connectivity index (χ0n) is 14.2. The van der Waals surface area contributed by atoms with Crippen molar-refractivity contribution in [1.29, 1.82) is 0 Å². The minimum atomic E-state index is 0.0144. The van der Waals surface area contributed by atoms with Gasteiger partial charge in [-0.25, -0.2) is 0 Å². The van der Waals surface area contributed by atoms with Gasteiger partial charge in [0.05, 0.1) is 24.5 Å². The van der Waals surface area contributed by atoms with Crippen LogP contribution in [0.5, 0.6) is 0 Å². The molecule has 21 heavy (non-hydrogen) atoms. The van der Waals surface area contributed by atoms with E-state index in [0.29, 0.717) is 18.8 Å². The van der Waals surface area contributed by atoms with Gasteiger partial charge in [0.25, 0.3) is 0 Å². The van der Waals surface area contributed by atoms with Gasteiger partial charge in [-0.15, -0.1) is 0 Å². The summed E-state index contributed by atoms with van der Waals surface area (Å²) in [5, 5.41) is 0. The molecule has 1 saturated heterocycles. The van der Waals surface area contributed by atoms with E-state index in [4.69, 9.17) is 4.99 Å². The Morgan fingerprint density at radius 1 is 1.33 bits per heavy atom. The van der Waals surface area contributed by atoms with E-state index in [0.717, 1.165) is 17.8 Å². The van der Waals surface area contributed by atoms with Crippen LogP contribution in [-0.2, 0) is 4.79 Å². The Hall–Kier alpha value is -1.68. The van der Waals surface area contributed by atoms with Gasteiger partial charge < -0.3 is 9.80 Å². The first kappa shape index (κ1) is 17.4. The van der Waals surface area contributed by atoms with Gasteiger partial charge in [0, 0.05) is 13.5 Å². The molecule has 116 valence electrons. The Morgan fingerprint density at radius 3 is 2.43 bits per heavy atom. The molecule has 0 aromatic carbocycles. The first-order valence-corrected chi connectivity index (χ1v) is 7.25. The van der Waals surface area contributed by atoms with Crippen molar-refractivity contribution in [2.75, 3.05) is 33.7 Å². The summed E-state index contributed by atoms with van der Waals surface area (Å²) >= 11 is 0. The second-order valence-electron chi connectivity index (χ2n) is 5.83. The van der Waals surface area contributed by atoms with Crippen LogP contribution >= 0.6 is 0 Å². The van der Waals surface area contributed by atoms with Gasteiger partial charge in [-0.05, 0) is 40.4 Å². The molecule has 0 spiro atoms. The Bertz CT molecular complexity index is 524. The summed E-state index contributed by atoms with van der Waals surface area (Å²) in [5.41, 5.74) is 5.26. The van der Waals surface area contributed by atoms with E-state index in [9.17, 15) is 4.79 Å². The molecule has 1 heterocycles. The fourth-order valence-electron chi connectivity index (χ4n) is 2.32. The number of hydrogen-bond donors (Lipinski definition) is 0. The Labute approximate surface area is 128 Å². The summed E-state index contributed by atoms with van der Waals surface area (Å²) in [6, 6.07) is 0. The zero-order chi connectivity index (χ0) is 16.2. The van der Waals surface area contributed by atoms with Crippen molar-refractivity contribution in [3.8, 4) is 0 Å². The molecule has 1 aliphatic heterocycles. The lowest BCUT2D eigenvalue weighted by molar-refractivity contribution is -0.125. The van der Waals surface area contributed by atoms with Crippen molar-refractivity contribution in [3.05, 3.63) is 35.1 Å². The topological polar surface area (TPSA) is 35.9 Å². The lowest BCUT2D eigenvalue weighted by atomic mass is 10.1. The van der Waals surface area contributed by atoms with Crippen molar-refractivity contribution in [2.24, 2.45) is 4.99 Å². The molecular formula is C17H27N3O. The fourth-order valence-corrected chi connectivity index (χ4v) is 2.32. The van der Waals surface area contributed by atoms with Gasteiger partial charge in [0.15, 0.2) is 0 Å². The molecule has 1 aliphatic rings. The standard InChI is InChI=1S/C17H27N3O/c1-8-16-11-20(15(5)21)14(4)17(16)18-9-12(2)13(3)10-19(6)7/h8H,4,9-11H2,1-3,5-7H3/b13-12+,16-8-,18-17-. The van der Waals surface area contributed by atoms with Crippen molar-refractivity contribution in [3.63, 3.8) is 0 Å². The van der Waals surface area contributed by atoms with Crippen LogP contribution in [-0.4, -0.2) is 55.1 Å². The Balaban J connectivity index is 2.93. The van der Waals surface area contributed by atoms with Gasteiger partial charge in [0.1, 0.15) is 0 Å². The third-order valence-corrected chi connectivity index (χ3v) is 3.72. The second kappa shape index (κ2) is 7.36. The number of carbonyl (C=O) groups excluding carboxylic acids is 1. The lowest BCUT2D eigenvalue weighted by Gasteiger charge is -2.13. The second-order valence-corrected chi connectivity index (χ2v) is 5.83. The maximum absolute atomic E-state index is 11.6. The van der Waals surface area contributed by atoms with Gasteiger partial charge >= 0.3 is 0 Å². The van der Waals surface area contributed by atoms with Crippen LogP contribution in [0.1, 0.15) is 27.7 Å². The van der Waals surface area contributed by atoms with Crippen LogP contribution in [0.25, 0.3) is 0 Å². The highest BCUT2D eigenvalue weighted by Crippen LogP contribution is 2.23. The van der Waals surface area contributed by atoms with Crippen LogP contribution in [0.2, 0.25) is 0 Å². The third-order valence-electron chi connectivity index (χ3n) is 3.72. The van der Waals surface area contributed by atoms with Gasteiger partial charge in [0.2, 0.25) is 5.91 Å². The van der Waals surface area contributed by atoms with Crippen LogP contribution < -0.4 is 0 Å². The molecule has 0 aliphatic carbocycles. The predicted molar refractivity (Wildman–Crippen MR) is 89.5 cm³/mol. The molecule has 0 N–H and O–H groups in total. The van der Waals surface area contributed by atoms with Gasteiger partial charge in [-0.2, -0.15) is 0 Å². The molecule has 4 nitrogen and oxygen atoms in total. The van der Waals surface area contributed by atoms with E-state index in [2.05, 4.69) is 39.4 Å². The first-order chi connectivity index (χ1) is 9.77. The molecule has 0 unspecified atom stereocenters. The quantitative estimate of drug-likeness (QED) is 0.746. The third kappa shape index (κ3) is 4.39. The molecule has 0 aromatic heterocycles. The number of nitrogens with zero attached hydrogens (tertiary/aromatic N) is 3. The molecule has 0 atom stereocenters. The highest BCUT2D eigenvalue weighted by atomic mass is 16.2. The number of allylic oxidation sites excluding steroid dienone is 2. The average molecular weight is 289 g/mol. The molecular weight excluding hydrogens is 262 g/mol. The zero-order valence-corrected chi connectivity index (χ0v) is 14.2. The average Bonchev–Trinajstić information content (AvgIpc) is 2.71. The van der Waals surface area contributed by atoms with E-state index in [1.165, 1.54) is 11.1 Å². The Kier molecular flexibility index (Phi) is 6.09. The van der Waals surface area contributed by atoms with Crippen LogP contribution in [0.15, 0.2) is 40.1 Å². The number of carbonyl (C=O) groups is 1. The van der Waals surface area contributed by atoms with Crippen molar-refractivity contribution in [2.45, 2.75) is 27.7 Å². The molecule has 0 aromatic rings. The maximum atomic E-state index is 11.6. The Morgan fingerprint density at radius 2 is 1.95 bits per heavy atom. The highest BCUT2D eigenvalue weighted by molar-refractivity contribution is 6.16. The van der Waals surface area contributed by atoms with Crippen molar-refractivity contribution < 1.29 is 4.79 Å². The number of likely N-dealkylation sites (N-methyl/N-ethyl adjacent to an activating group) is 1. The molecule has 1 rings (SSSR count). The summed E-state index contributed by atoms with van der Waals surface area (Å²) in [4.78, 5) is 20.1. The van der Waals surface area contributed by atoms with Crippen LogP contribution in [0, 0.1) is 0 Å². The van der Waals surface area contributed by atoms with Crippen molar-refractivity contribution in [1.82, 2.24) is 9.80 Å². The molecule has 0 radical (unpaired) electrons. The molecule has 1 fully saturated rings. The van der Waals surface area contributed by atoms with E-state index < -0.39 is 0 Å². The minimum Gasteiger partial charge on any atom is -0.307 e. The van der Waals surface area contributed by atoms with Gasteiger partial charge in [-0.1, -0.05) is 23.8 Å². The largest absolute Gasteiger partial charge is 0.307 e. The maximum Gasteiger partial charge on any atom is 0.224 e. The lowest BCUT2D eigenvalue weighted by Crippen LogP contribution is -2.23. The summed E-state index contributed by atoms with van der Waals surface area (Å²) in [6.45, 7) is 14.0. The smallest absolute Gasteiger partial charge is 0.224 e. The molecule has 4 heteroatoms. The number of amides is 1. The monoisotopic (exact) mass is 289 g/mol. The summed E-state index contributed by atoms with van der Waals surface area (Å²) in [5.74, 6) is 0.0144. The van der Waals surface area contributed by atoms with Gasteiger partial charge in [-0.3, -0.25) is 9.79 Å². The number of aliphatic imine (C=N–C) groups is 1. The normalized spacial score (nSPS) is 20.7. The summed E-state index contributed by atoms with van der Waals surface area (Å²) in [7, 11) is 4.12.